The van der Waals surface area contributed by atoms with Gasteiger partial charge in [-0.25, -0.2) is 0 Å². The van der Waals surface area contributed by atoms with Gasteiger partial charge in [0.15, 0.2) is 0 Å². The van der Waals surface area contributed by atoms with Crippen molar-refractivity contribution in [2.75, 3.05) is 19.0 Å². The van der Waals surface area contributed by atoms with Gasteiger partial charge in [-0.1, -0.05) is 82.8 Å². The molecule has 0 aliphatic heterocycles. The van der Waals surface area contributed by atoms with Crippen LogP contribution in [-0.2, 0) is 21.4 Å². The lowest BCUT2D eigenvalue weighted by Crippen LogP contribution is -2.15. The Morgan fingerprint density at radius 3 is 2.27 bits per heavy atom. The standard InChI is InChI=1S/C36H43N3O5/c1-6-7-8-9-10-23-43-30-20-15-27(16-21-30)35-38-33(39-44-35)28-12-11-25(17-22-32(40)42-5)31(24-28)37-34(41)26-13-18-29(19-14-26)36(2,3)4/h11-16,18-21,24H,6-10,17,22-23H2,1-5H3,(H,37,41). The minimum absolute atomic E-state index is 0.0167. The van der Waals surface area contributed by atoms with E-state index >= 15 is 0 Å². The summed E-state index contributed by atoms with van der Waals surface area (Å²) in [7, 11) is 1.36. The van der Waals surface area contributed by atoms with Crippen molar-refractivity contribution in [1.82, 2.24) is 10.1 Å². The van der Waals surface area contributed by atoms with E-state index in [1.807, 2.05) is 60.7 Å². The van der Waals surface area contributed by atoms with E-state index in [0.29, 0.717) is 41.6 Å². The van der Waals surface area contributed by atoms with Gasteiger partial charge in [0.25, 0.3) is 11.8 Å². The number of rotatable bonds is 14. The van der Waals surface area contributed by atoms with Gasteiger partial charge in [0, 0.05) is 28.8 Å². The zero-order chi connectivity index (χ0) is 31.5. The second-order valence-electron chi connectivity index (χ2n) is 11.9. The van der Waals surface area contributed by atoms with Crippen LogP contribution in [0.2, 0.25) is 0 Å². The molecule has 1 N–H and O–H groups in total. The molecular formula is C36H43N3O5. The Balaban J connectivity index is 1.49. The second kappa shape index (κ2) is 15.3. The summed E-state index contributed by atoms with van der Waals surface area (Å²) in [6, 6.07) is 20.7. The number of methoxy groups -OCH3 is 1. The van der Waals surface area contributed by atoms with Crippen LogP contribution in [0.1, 0.15) is 87.7 Å². The highest BCUT2D eigenvalue weighted by atomic mass is 16.5. The number of aromatic nitrogens is 2. The zero-order valence-corrected chi connectivity index (χ0v) is 26.4. The highest BCUT2D eigenvalue weighted by molar-refractivity contribution is 6.05. The molecule has 0 spiro atoms. The normalized spacial score (nSPS) is 11.3. The molecule has 8 heteroatoms. The minimum atomic E-state index is -0.324. The van der Waals surface area contributed by atoms with Crippen LogP contribution in [0, 0.1) is 0 Å². The van der Waals surface area contributed by atoms with Crippen molar-refractivity contribution in [3.8, 4) is 28.6 Å². The van der Waals surface area contributed by atoms with Crippen LogP contribution < -0.4 is 10.1 Å². The summed E-state index contributed by atoms with van der Waals surface area (Å²) in [4.78, 5) is 29.7. The monoisotopic (exact) mass is 597 g/mol. The average molecular weight is 598 g/mol. The number of hydrogen-bond acceptors (Lipinski definition) is 7. The molecule has 3 aromatic carbocycles. The highest BCUT2D eigenvalue weighted by Gasteiger charge is 2.17. The van der Waals surface area contributed by atoms with Crippen molar-refractivity contribution in [1.29, 1.82) is 0 Å². The lowest BCUT2D eigenvalue weighted by molar-refractivity contribution is -0.140. The molecule has 1 heterocycles. The average Bonchev–Trinajstić information content (AvgIpc) is 3.52. The van der Waals surface area contributed by atoms with E-state index in [1.165, 1.54) is 32.8 Å². The number of amides is 1. The number of carbonyl (C=O) groups is 2. The van der Waals surface area contributed by atoms with Crippen molar-refractivity contribution in [3.05, 3.63) is 83.4 Å². The Morgan fingerprint density at radius 2 is 1.59 bits per heavy atom. The quantitative estimate of drug-likeness (QED) is 0.115. The molecular weight excluding hydrogens is 554 g/mol. The van der Waals surface area contributed by atoms with Gasteiger partial charge in [-0.05, 0) is 71.8 Å². The first-order chi connectivity index (χ1) is 21.2. The van der Waals surface area contributed by atoms with Gasteiger partial charge in [0.1, 0.15) is 5.75 Å². The fourth-order valence-corrected chi connectivity index (χ4v) is 4.75. The lowest BCUT2D eigenvalue weighted by atomic mass is 9.86. The maximum atomic E-state index is 13.2. The highest BCUT2D eigenvalue weighted by Crippen LogP contribution is 2.29. The van der Waals surface area contributed by atoms with Crippen LogP contribution in [0.5, 0.6) is 5.75 Å². The van der Waals surface area contributed by atoms with E-state index in [2.05, 4.69) is 43.2 Å². The number of ether oxygens (including phenoxy) is 2. The SMILES string of the molecule is CCCCCCCOc1ccc(-c2nc(-c3ccc(CCC(=O)OC)c(NC(=O)c4ccc(C(C)(C)C)cc4)c3)no2)cc1. The van der Waals surface area contributed by atoms with Crippen LogP contribution in [0.4, 0.5) is 5.69 Å². The maximum Gasteiger partial charge on any atom is 0.305 e. The first-order valence-electron chi connectivity index (χ1n) is 15.4. The number of esters is 1. The summed E-state index contributed by atoms with van der Waals surface area (Å²) < 4.78 is 16.3. The number of aryl methyl sites for hydroxylation is 1. The predicted octanol–water partition coefficient (Wildman–Crippen LogP) is 8.41. The van der Waals surface area contributed by atoms with E-state index in [4.69, 9.17) is 14.0 Å². The number of benzene rings is 3. The molecule has 0 aliphatic rings. The topological polar surface area (TPSA) is 104 Å². The third kappa shape index (κ3) is 9.02. The van der Waals surface area contributed by atoms with Crippen molar-refractivity contribution in [3.63, 3.8) is 0 Å². The number of unbranched alkanes of at least 4 members (excludes halogenated alkanes) is 4. The molecule has 1 aromatic heterocycles. The molecule has 0 fully saturated rings. The molecule has 44 heavy (non-hydrogen) atoms. The van der Waals surface area contributed by atoms with Gasteiger partial charge in [0.2, 0.25) is 5.82 Å². The number of hydrogen-bond donors (Lipinski definition) is 1. The van der Waals surface area contributed by atoms with E-state index in [1.54, 1.807) is 6.07 Å². The largest absolute Gasteiger partial charge is 0.494 e. The van der Waals surface area contributed by atoms with Gasteiger partial charge < -0.3 is 19.3 Å². The van der Waals surface area contributed by atoms with Crippen molar-refractivity contribution >= 4 is 17.6 Å². The summed E-state index contributed by atoms with van der Waals surface area (Å²) in [6.45, 7) is 9.30. The van der Waals surface area contributed by atoms with Crippen molar-refractivity contribution in [2.24, 2.45) is 0 Å². The molecule has 4 rings (SSSR count). The number of nitrogens with one attached hydrogen (secondary N) is 1. The number of carbonyl (C=O) groups excluding carboxylic acids is 2. The summed E-state index contributed by atoms with van der Waals surface area (Å²) in [6.07, 6.45) is 6.55. The molecule has 0 saturated heterocycles. The van der Waals surface area contributed by atoms with E-state index < -0.39 is 0 Å². The fourth-order valence-electron chi connectivity index (χ4n) is 4.75. The third-order valence-corrected chi connectivity index (χ3v) is 7.50. The Labute approximate surface area is 260 Å². The molecule has 0 bridgehead atoms. The van der Waals surface area contributed by atoms with Crippen LogP contribution in [0.3, 0.4) is 0 Å². The van der Waals surface area contributed by atoms with Gasteiger partial charge in [-0.15, -0.1) is 0 Å². The Morgan fingerprint density at radius 1 is 0.886 bits per heavy atom. The molecule has 8 nitrogen and oxygen atoms in total. The fraction of sp³-hybridized carbons (Fsp3) is 0.389. The summed E-state index contributed by atoms with van der Waals surface area (Å²) in [5, 5.41) is 7.22. The Bertz CT molecular complexity index is 1520. The number of anilines is 1. The summed E-state index contributed by atoms with van der Waals surface area (Å²) in [5.74, 6) is 0.997. The first kappa shape index (κ1) is 32.5. The zero-order valence-electron chi connectivity index (χ0n) is 26.4. The predicted molar refractivity (Wildman–Crippen MR) is 173 cm³/mol. The van der Waals surface area contributed by atoms with Crippen LogP contribution in [0.15, 0.2) is 71.3 Å². The number of nitrogens with zero attached hydrogens (tertiary/aromatic N) is 2. The van der Waals surface area contributed by atoms with Crippen LogP contribution in [-0.4, -0.2) is 35.7 Å². The van der Waals surface area contributed by atoms with Gasteiger partial charge in [-0.2, -0.15) is 4.98 Å². The van der Waals surface area contributed by atoms with Gasteiger partial charge in [-0.3, -0.25) is 9.59 Å². The summed E-state index contributed by atoms with van der Waals surface area (Å²) >= 11 is 0. The lowest BCUT2D eigenvalue weighted by Gasteiger charge is -2.19. The molecule has 0 aliphatic carbocycles. The van der Waals surface area contributed by atoms with Crippen molar-refractivity contribution < 1.29 is 23.6 Å². The molecule has 0 saturated carbocycles. The molecule has 0 atom stereocenters. The molecule has 232 valence electrons. The molecule has 4 aromatic rings. The van der Waals surface area contributed by atoms with E-state index in [0.717, 1.165) is 28.9 Å². The molecule has 0 unspecified atom stereocenters. The minimum Gasteiger partial charge on any atom is -0.494 e. The maximum absolute atomic E-state index is 13.2. The van der Waals surface area contributed by atoms with E-state index in [-0.39, 0.29) is 23.7 Å². The van der Waals surface area contributed by atoms with E-state index in [9.17, 15) is 9.59 Å². The smallest absolute Gasteiger partial charge is 0.305 e. The van der Waals surface area contributed by atoms with Gasteiger partial charge in [0.05, 0.1) is 13.7 Å². The van der Waals surface area contributed by atoms with Gasteiger partial charge >= 0.3 is 5.97 Å². The first-order valence-corrected chi connectivity index (χ1v) is 15.4. The second-order valence-corrected chi connectivity index (χ2v) is 11.9. The van der Waals surface area contributed by atoms with Crippen LogP contribution in [0.25, 0.3) is 22.8 Å². The Hall–Kier alpha value is -4.46. The Kier molecular flexibility index (Phi) is 11.3. The molecule has 1 amide bonds. The molecule has 0 radical (unpaired) electrons. The van der Waals surface area contributed by atoms with Crippen LogP contribution >= 0.6 is 0 Å². The van der Waals surface area contributed by atoms with Crippen molar-refractivity contribution in [2.45, 2.75) is 78.1 Å². The summed E-state index contributed by atoms with van der Waals surface area (Å²) in [5.41, 5.74) is 4.47. The third-order valence-electron chi connectivity index (χ3n) is 7.50.